The molecule has 1 aromatic carbocycles. The first-order valence-corrected chi connectivity index (χ1v) is 6.78. The van der Waals surface area contributed by atoms with Crippen LogP contribution in [-0.2, 0) is 16.0 Å². The van der Waals surface area contributed by atoms with Crippen molar-refractivity contribution in [3.63, 3.8) is 0 Å². The van der Waals surface area contributed by atoms with Gasteiger partial charge in [-0.1, -0.05) is 12.1 Å². The minimum absolute atomic E-state index is 0.147. The third-order valence-corrected chi connectivity index (χ3v) is 2.42. The molecule has 1 rings (SSSR count). The van der Waals surface area contributed by atoms with Gasteiger partial charge >= 0.3 is 6.09 Å². The molecular weight excluding hydrogens is 272 g/mol. The highest BCUT2D eigenvalue weighted by atomic mass is 16.6. The van der Waals surface area contributed by atoms with Crippen LogP contribution in [0.2, 0.25) is 0 Å². The second kappa shape index (κ2) is 7.52. The molecule has 0 heterocycles. The van der Waals surface area contributed by atoms with E-state index in [2.05, 4.69) is 10.6 Å². The van der Waals surface area contributed by atoms with Crippen LogP contribution in [0.5, 0.6) is 5.75 Å². The number of carbonyl (C=O) groups excluding carboxylic acids is 2. The van der Waals surface area contributed by atoms with Crippen LogP contribution in [0, 0.1) is 0 Å². The largest absolute Gasteiger partial charge is 0.508 e. The monoisotopic (exact) mass is 294 g/mol. The molecule has 1 aromatic rings. The Bertz CT molecular complexity index is 477. The number of hydrogen-bond acceptors (Lipinski definition) is 4. The summed E-state index contributed by atoms with van der Waals surface area (Å²) in [5.41, 5.74) is 0.275. The molecule has 0 aliphatic heterocycles. The lowest BCUT2D eigenvalue weighted by atomic mass is 10.1. The van der Waals surface area contributed by atoms with Crippen LogP contribution in [0.15, 0.2) is 24.3 Å². The lowest BCUT2D eigenvalue weighted by Gasteiger charge is -2.19. The Hall–Kier alpha value is -2.24. The molecule has 0 unspecified atom stereocenters. The molecule has 0 bridgehead atoms. The summed E-state index contributed by atoms with van der Waals surface area (Å²) in [7, 11) is 0. The average molecular weight is 294 g/mol. The fraction of sp³-hybridized carbons (Fsp3) is 0.467. The van der Waals surface area contributed by atoms with E-state index in [0.29, 0.717) is 13.1 Å². The van der Waals surface area contributed by atoms with E-state index < -0.39 is 11.7 Å². The zero-order chi connectivity index (χ0) is 15.9. The molecule has 0 saturated carbocycles. The number of rotatable bonds is 5. The third-order valence-electron chi connectivity index (χ3n) is 2.42. The van der Waals surface area contributed by atoms with Crippen LogP contribution >= 0.6 is 0 Å². The predicted molar refractivity (Wildman–Crippen MR) is 79.1 cm³/mol. The molecule has 0 atom stereocenters. The van der Waals surface area contributed by atoms with Crippen molar-refractivity contribution >= 4 is 12.0 Å². The minimum atomic E-state index is -0.536. The van der Waals surface area contributed by atoms with Crippen LogP contribution in [0.3, 0.4) is 0 Å². The van der Waals surface area contributed by atoms with Crippen LogP contribution in [0.4, 0.5) is 4.79 Å². The molecule has 0 saturated heterocycles. The maximum Gasteiger partial charge on any atom is 0.407 e. The number of nitrogens with one attached hydrogen (secondary N) is 2. The van der Waals surface area contributed by atoms with Gasteiger partial charge in [0.15, 0.2) is 0 Å². The molecule has 0 fully saturated rings. The number of phenolic OH excluding ortho intramolecular Hbond substituents is 1. The maximum atomic E-state index is 11.7. The normalized spacial score (nSPS) is 10.8. The van der Waals surface area contributed by atoms with E-state index in [1.54, 1.807) is 32.9 Å². The Morgan fingerprint density at radius 3 is 2.24 bits per heavy atom. The van der Waals surface area contributed by atoms with Crippen molar-refractivity contribution in [3.8, 4) is 5.75 Å². The van der Waals surface area contributed by atoms with Crippen molar-refractivity contribution in [1.82, 2.24) is 10.6 Å². The van der Waals surface area contributed by atoms with Gasteiger partial charge in [0.05, 0.1) is 6.42 Å². The first-order valence-electron chi connectivity index (χ1n) is 6.78. The molecule has 0 aliphatic carbocycles. The topological polar surface area (TPSA) is 87.7 Å². The third kappa shape index (κ3) is 7.81. The SMILES string of the molecule is CC(C)(C)OC(=O)NCCNC(=O)Cc1ccc(O)cc1. The van der Waals surface area contributed by atoms with Gasteiger partial charge in [-0.2, -0.15) is 0 Å². The highest BCUT2D eigenvalue weighted by Crippen LogP contribution is 2.09. The molecule has 0 aliphatic rings. The highest BCUT2D eigenvalue weighted by molar-refractivity contribution is 5.78. The lowest BCUT2D eigenvalue weighted by Crippen LogP contribution is -2.38. The van der Waals surface area contributed by atoms with Gasteiger partial charge in [0, 0.05) is 13.1 Å². The van der Waals surface area contributed by atoms with Gasteiger partial charge < -0.3 is 20.5 Å². The van der Waals surface area contributed by atoms with Gasteiger partial charge in [-0.15, -0.1) is 0 Å². The summed E-state index contributed by atoms with van der Waals surface area (Å²) in [6.45, 7) is 5.98. The molecule has 116 valence electrons. The Labute approximate surface area is 124 Å². The van der Waals surface area contributed by atoms with Crippen LogP contribution in [0.25, 0.3) is 0 Å². The van der Waals surface area contributed by atoms with Crippen molar-refractivity contribution in [3.05, 3.63) is 29.8 Å². The maximum absolute atomic E-state index is 11.7. The lowest BCUT2D eigenvalue weighted by molar-refractivity contribution is -0.120. The average Bonchev–Trinajstić information content (AvgIpc) is 2.35. The Morgan fingerprint density at radius 2 is 1.67 bits per heavy atom. The summed E-state index contributed by atoms with van der Waals surface area (Å²) in [4.78, 5) is 23.0. The number of ether oxygens (including phenoxy) is 1. The summed E-state index contributed by atoms with van der Waals surface area (Å²) >= 11 is 0. The van der Waals surface area contributed by atoms with Crippen molar-refractivity contribution in [1.29, 1.82) is 0 Å². The number of alkyl carbamates (subject to hydrolysis) is 1. The quantitative estimate of drug-likeness (QED) is 0.719. The molecule has 6 nitrogen and oxygen atoms in total. The minimum Gasteiger partial charge on any atom is -0.508 e. The second-order valence-electron chi connectivity index (χ2n) is 5.62. The zero-order valence-corrected chi connectivity index (χ0v) is 12.6. The standard InChI is InChI=1S/C15H22N2O4/c1-15(2,3)21-14(20)17-9-8-16-13(19)10-11-4-6-12(18)7-5-11/h4-7,18H,8-10H2,1-3H3,(H,16,19)(H,17,20). The fourth-order valence-electron chi connectivity index (χ4n) is 1.54. The van der Waals surface area contributed by atoms with Crippen LogP contribution in [-0.4, -0.2) is 35.8 Å². The summed E-state index contributed by atoms with van der Waals surface area (Å²) in [5, 5.41) is 14.4. The van der Waals surface area contributed by atoms with E-state index in [-0.39, 0.29) is 18.1 Å². The smallest absolute Gasteiger partial charge is 0.407 e. The van der Waals surface area contributed by atoms with Crippen molar-refractivity contribution < 1.29 is 19.4 Å². The number of hydrogen-bond donors (Lipinski definition) is 3. The molecule has 0 aromatic heterocycles. The zero-order valence-electron chi connectivity index (χ0n) is 12.6. The molecule has 3 N–H and O–H groups in total. The van der Waals surface area contributed by atoms with E-state index in [0.717, 1.165) is 5.56 Å². The van der Waals surface area contributed by atoms with Gasteiger partial charge in [-0.05, 0) is 38.5 Å². The van der Waals surface area contributed by atoms with E-state index in [9.17, 15) is 9.59 Å². The van der Waals surface area contributed by atoms with Crippen molar-refractivity contribution in [2.45, 2.75) is 32.8 Å². The first-order chi connectivity index (χ1) is 9.76. The Balaban J connectivity index is 2.19. The predicted octanol–water partition coefficient (Wildman–Crippen LogP) is 1.58. The highest BCUT2D eigenvalue weighted by Gasteiger charge is 2.15. The molecule has 2 amide bonds. The molecule has 6 heteroatoms. The summed E-state index contributed by atoms with van der Waals surface area (Å²) in [6, 6.07) is 6.45. The van der Waals surface area contributed by atoms with E-state index >= 15 is 0 Å². The number of phenols is 1. The van der Waals surface area contributed by atoms with Crippen LogP contribution in [0.1, 0.15) is 26.3 Å². The summed E-state index contributed by atoms with van der Waals surface area (Å²) in [6.07, 6.45) is -0.275. The number of carbonyl (C=O) groups is 2. The first kappa shape index (κ1) is 16.8. The van der Waals surface area contributed by atoms with Gasteiger partial charge in [0.1, 0.15) is 11.4 Å². The summed E-state index contributed by atoms with van der Waals surface area (Å²) < 4.78 is 5.07. The van der Waals surface area contributed by atoms with Gasteiger partial charge in [0.25, 0.3) is 0 Å². The fourth-order valence-corrected chi connectivity index (χ4v) is 1.54. The number of benzene rings is 1. The molecule has 0 radical (unpaired) electrons. The van der Waals surface area contributed by atoms with Gasteiger partial charge in [-0.3, -0.25) is 4.79 Å². The Kier molecular flexibility index (Phi) is 6.02. The molecule has 21 heavy (non-hydrogen) atoms. The van der Waals surface area contributed by atoms with Crippen LogP contribution < -0.4 is 10.6 Å². The second-order valence-corrected chi connectivity index (χ2v) is 5.62. The van der Waals surface area contributed by atoms with E-state index in [1.807, 2.05) is 0 Å². The number of aromatic hydroxyl groups is 1. The van der Waals surface area contributed by atoms with E-state index in [1.165, 1.54) is 12.1 Å². The van der Waals surface area contributed by atoms with Gasteiger partial charge in [-0.25, -0.2) is 4.79 Å². The van der Waals surface area contributed by atoms with Gasteiger partial charge in [0.2, 0.25) is 5.91 Å². The Morgan fingerprint density at radius 1 is 1.10 bits per heavy atom. The van der Waals surface area contributed by atoms with Crippen molar-refractivity contribution in [2.75, 3.05) is 13.1 Å². The number of amides is 2. The van der Waals surface area contributed by atoms with E-state index in [4.69, 9.17) is 9.84 Å². The molecule has 0 spiro atoms. The summed E-state index contributed by atoms with van der Waals surface area (Å²) in [5.74, 6) is 0.0207. The molecular formula is C15H22N2O4. The van der Waals surface area contributed by atoms with Crippen molar-refractivity contribution in [2.24, 2.45) is 0 Å².